The SMILES string of the molecule is CN1CCC(C(C)(C)CNCCNC2CC2)CC1. The summed E-state index contributed by atoms with van der Waals surface area (Å²) in [5.41, 5.74) is 0.445. The molecular weight excluding hydrogens is 222 g/mol. The Morgan fingerprint density at radius 1 is 1.06 bits per heavy atom. The van der Waals surface area contributed by atoms with Gasteiger partial charge in [-0.15, -0.1) is 0 Å². The summed E-state index contributed by atoms with van der Waals surface area (Å²) < 4.78 is 0. The van der Waals surface area contributed by atoms with Gasteiger partial charge in [-0.2, -0.15) is 0 Å². The smallest absolute Gasteiger partial charge is 0.00793 e. The van der Waals surface area contributed by atoms with E-state index < -0.39 is 0 Å². The number of piperidine rings is 1. The number of nitrogens with zero attached hydrogens (tertiary/aromatic N) is 1. The molecule has 0 spiro atoms. The van der Waals surface area contributed by atoms with E-state index in [0.29, 0.717) is 5.41 Å². The first kappa shape index (κ1) is 14.3. The quantitative estimate of drug-likeness (QED) is 0.676. The molecule has 2 aliphatic rings. The fraction of sp³-hybridized carbons (Fsp3) is 1.00. The molecule has 1 heterocycles. The highest BCUT2D eigenvalue weighted by molar-refractivity contribution is 4.85. The van der Waals surface area contributed by atoms with Crippen molar-refractivity contribution in [1.82, 2.24) is 15.5 Å². The Balaban J connectivity index is 1.59. The molecule has 0 aromatic heterocycles. The van der Waals surface area contributed by atoms with Gasteiger partial charge in [0.05, 0.1) is 0 Å². The van der Waals surface area contributed by atoms with Gasteiger partial charge in [0.1, 0.15) is 0 Å². The Bertz CT molecular complexity index is 240. The maximum atomic E-state index is 3.64. The highest BCUT2D eigenvalue weighted by Crippen LogP contribution is 2.34. The molecule has 0 atom stereocenters. The van der Waals surface area contributed by atoms with Gasteiger partial charge >= 0.3 is 0 Å². The van der Waals surface area contributed by atoms with Crippen molar-refractivity contribution in [3.8, 4) is 0 Å². The molecule has 1 aliphatic heterocycles. The van der Waals surface area contributed by atoms with Gasteiger partial charge in [0, 0.05) is 25.7 Å². The zero-order valence-corrected chi connectivity index (χ0v) is 12.5. The molecule has 0 radical (unpaired) electrons. The third-order valence-electron chi connectivity index (χ3n) is 4.72. The van der Waals surface area contributed by atoms with Gasteiger partial charge in [-0.25, -0.2) is 0 Å². The molecule has 3 nitrogen and oxygen atoms in total. The fourth-order valence-corrected chi connectivity index (χ4v) is 3.00. The summed E-state index contributed by atoms with van der Waals surface area (Å²) in [4.78, 5) is 2.46. The third-order valence-corrected chi connectivity index (χ3v) is 4.72. The van der Waals surface area contributed by atoms with Crippen LogP contribution in [0.5, 0.6) is 0 Å². The molecule has 1 aliphatic carbocycles. The van der Waals surface area contributed by atoms with Crippen LogP contribution >= 0.6 is 0 Å². The minimum Gasteiger partial charge on any atom is -0.315 e. The van der Waals surface area contributed by atoms with Gasteiger partial charge in [-0.1, -0.05) is 13.8 Å². The Labute approximate surface area is 113 Å². The molecule has 3 heteroatoms. The number of rotatable bonds is 7. The Hall–Kier alpha value is -0.120. The lowest BCUT2D eigenvalue weighted by Crippen LogP contribution is -2.43. The second kappa shape index (κ2) is 6.36. The monoisotopic (exact) mass is 253 g/mol. The van der Waals surface area contributed by atoms with Crippen LogP contribution < -0.4 is 10.6 Å². The van der Waals surface area contributed by atoms with E-state index in [1.165, 1.54) is 38.8 Å². The summed E-state index contributed by atoms with van der Waals surface area (Å²) in [6, 6.07) is 0.841. The zero-order chi connectivity index (χ0) is 13.0. The molecule has 1 saturated carbocycles. The molecule has 106 valence electrons. The molecule has 18 heavy (non-hydrogen) atoms. The van der Waals surface area contributed by atoms with E-state index in [2.05, 4.69) is 36.4 Å². The molecule has 0 unspecified atom stereocenters. The first-order chi connectivity index (χ1) is 8.58. The van der Waals surface area contributed by atoms with Crippen molar-refractivity contribution in [2.75, 3.05) is 39.8 Å². The predicted molar refractivity (Wildman–Crippen MR) is 77.9 cm³/mol. The lowest BCUT2D eigenvalue weighted by atomic mass is 9.73. The van der Waals surface area contributed by atoms with Gasteiger partial charge in [-0.3, -0.25) is 0 Å². The van der Waals surface area contributed by atoms with Gasteiger partial charge in [-0.05, 0) is 57.2 Å². The summed E-state index contributed by atoms with van der Waals surface area (Å²) in [6.07, 6.45) is 5.51. The molecule has 0 aromatic rings. The molecule has 2 N–H and O–H groups in total. The second-order valence-electron chi connectivity index (χ2n) is 6.97. The third kappa shape index (κ3) is 4.52. The van der Waals surface area contributed by atoms with Crippen LogP contribution in [-0.2, 0) is 0 Å². The topological polar surface area (TPSA) is 27.3 Å². The van der Waals surface area contributed by atoms with Crippen LogP contribution in [0.25, 0.3) is 0 Å². The van der Waals surface area contributed by atoms with Gasteiger partial charge in [0.25, 0.3) is 0 Å². The average molecular weight is 253 g/mol. The van der Waals surface area contributed by atoms with Crippen LogP contribution in [0.2, 0.25) is 0 Å². The van der Waals surface area contributed by atoms with E-state index in [1.807, 2.05) is 0 Å². The van der Waals surface area contributed by atoms with Crippen molar-refractivity contribution in [2.24, 2.45) is 11.3 Å². The maximum absolute atomic E-state index is 3.64. The second-order valence-corrected chi connectivity index (χ2v) is 6.97. The van der Waals surface area contributed by atoms with Crippen LogP contribution in [0.3, 0.4) is 0 Å². The average Bonchev–Trinajstić information content (AvgIpc) is 3.13. The minimum absolute atomic E-state index is 0.445. The molecule has 0 amide bonds. The van der Waals surface area contributed by atoms with Crippen molar-refractivity contribution in [3.63, 3.8) is 0 Å². The van der Waals surface area contributed by atoms with Crippen molar-refractivity contribution in [1.29, 1.82) is 0 Å². The first-order valence-corrected chi connectivity index (χ1v) is 7.70. The lowest BCUT2D eigenvalue weighted by molar-refractivity contribution is 0.113. The Kier molecular flexibility index (Phi) is 5.05. The summed E-state index contributed by atoms with van der Waals surface area (Å²) in [5.74, 6) is 0.887. The predicted octanol–water partition coefficient (Wildman–Crippen LogP) is 1.70. The van der Waals surface area contributed by atoms with Crippen LogP contribution in [0, 0.1) is 11.3 Å². The highest BCUT2D eigenvalue weighted by Gasteiger charge is 2.31. The van der Waals surface area contributed by atoms with Gasteiger partial charge in [0.2, 0.25) is 0 Å². The van der Waals surface area contributed by atoms with Crippen molar-refractivity contribution in [2.45, 2.75) is 45.6 Å². The Morgan fingerprint density at radius 2 is 1.72 bits per heavy atom. The summed E-state index contributed by atoms with van der Waals surface area (Å²) in [5, 5.41) is 7.20. The van der Waals surface area contributed by atoms with E-state index >= 15 is 0 Å². The highest BCUT2D eigenvalue weighted by atomic mass is 15.1. The number of nitrogens with one attached hydrogen (secondary N) is 2. The van der Waals surface area contributed by atoms with Crippen molar-refractivity contribution < 1.29 is 0 Å². The van der Waals surface area contributed by atoms with E-state index in [-0.39, 0.29) is 0 Å². The fourth-order valence-electron chi connectivity index (χ4n) is 3.00. The Morgan fingerprint density at radius 3 is 2.33 bits per heavy atom. The van der Waals surface area contributed by atoms with Crippen LogP contribution in [0.15, 0.2) is 0 Å². The zero-order valence-electron chi connectivity index (χ0n) is 12.5. The van der Waals surface area contributed by atoms with Crippen LogP contribution in [-0.4, -0.2) is 50.7 Å². The number of hydrogen-bond acceptors (Lipinski definition) is 3. The molecule has 0 aromatic carbocycles. The normalized spacial score (nSPS) is 23.5. The van der Waals surface area contributed by atoms with Crippen molar-refractivity contribution in [3.05, 3.63) is 0 Å². The summed E-state index contributed by atoms with van der Waals surface area (Å²) >= 11 is 0. The van der Waals surface area contributed by atoms with E-state index in [0.717, 1.165) is 31.6 Å². The number of hydrogen-bond donors (Lipinski definition) is 2. The lowest BCUT2D eigenvalue weighted by Gasteiger charge is -2.40. The minimum atomic E-state index is 0.445. The molecule has 2 fully saturated rings. The summed E-state index contributed by atoms with van der Waals surface area (Å²) in [6.45, 7) is 10.8. The van der Waals surface area contributed by atoms with E-state index in [1.54, 1.807) is 0 Å². The largest absolute Gasteiger partial charge is 0.315 e. The summed E-state index contributed by atoms with van der Waals surface area (Å²) in [7, 11) is 2.24. The molecule has 1 saturated heterocycles. The maximum Gasteiger partial charge on any atom is 0.00793 e. The first-order valence-electron chi connectivity index (χ1n) is 7.70. The van der Waals surface area contributed by atoms with Crippen LogP contribution in [0.4, 0.5) is 0 Å². The molecule has 2 rings (SSSR count). The van der Waals surface area contributed by atoms with E-state index in [4.69, 9.17) is 0 Å². The molecule has 0 bridgehead atoms. The van der Waals surface area contributed by atoms with E-state index in [9.17, 15) is 0 Å². The standard InChI is InChI=1S/C15H31N3/c1-15(2,13-6-10-18(3)11-7-13)12-16-8-9-17-14-4-5-14/h13-14,16-17H,4-12H2,1-3H3. The van der Waals surface area contributed by atoms with Gasteiger partial charge < -0.3 is 15.5 Å². The number of likely N-dealkylation sites (tertiary alicyclic amines) is 1. The molecular formula is C15H31N3. The van der Waals surface area contributed by atoms with Crippen molar-refractivity contribution >= 4 is 0 Å². The van der Waals surface area contributed by atoms with Gasteiger partial charge in [0.15, 0.2) is 0 Å². The van der Waals surface area contributed by atoms with Crippen LogP contribution in [0.1, 0.15) is 39.5 Å².